The van der Waals surface area contributed by atoms with Crippen molar-refractivity contribution in [3.8, 4) is 0 Å². The molecule has 0 bridgehead atoms. The van der Waals surface area contributed by atoms with Crippen molar-refractivity contribution in [2.75, 3.05) is 0 Å². The van der Waals surface area contributed by atoms with Crippen LogP contribution < -0.4 is 5.32 Å². The smallest absolute Gasteiger partial charge is 0.251 e. The van der Waals surface area contributed by atoms with Crippen LogP contribution in [0.1, 0.15) is 45.4 Å². The van der Waals surface area contributed by atoms with Crippen LogP contribution in [0.5, 0.6) is 0 Å². The van der Waals surface area contributed by atoms with E-state index in [0.717, 1.165) is 17.2 Å². The Labute approximate surface area is 150 Å². The van der Waals surface area contributed by atoms with E-state index in [-0.39, 0.29) is 17.9 Å². The molecule has 1 aliphatic carbocycles. The lowest BCUT2D eigenvalue weighted by Crippen LogP contribution is -2.27. The van der Waals surface area contributed by atoms with Gasteiger partial charge in [0.25, 0.3) is 5.91 Å². The van der Waals surface area contributed by atoms with Gasteiger partial charge in [-0.15, -0.1) is 0 Å². The number of halogens is 2. The zero-order valence-electron chi connectivity index (χ0n) is 14.0. The summed E-state index contributed by atoms with van der Waals surface area (Å²) in [5.41, 5.74) is 3.37. The summed E-state index contributed by atoms with van der Waals surface area (Å²) in [6, 6.07) is 20.7. The molecular formula is C22H17F2NO. The molecule has 130 valence electrons. The van der Waals surface area contributed by atoms with Gasteiger partial charge in [0.05, 0.1) is 6.04 Å². The largest absolute Gasteiger partial charge is 0.345 e. The van der Waals surface area contributed by atoms with Crippen molar-refractivity contribution in [2.45, 2.75) is 18.4 Å². The van der Waals surface area contributed by atoms with Crippen LogP contribution in [-0.4, -0.2) is 5.91 Å². The van der Waals surface area contributed by atoms with Crippen LogP contribution in [0.4, 0.5) is 8.78 Å². The first-order chi connectivity index (χ1) is 12.6. The highest BCUT2D eigenvalue weighted by atomic mass is 19.2. The van der Waals surface area contributed by atoms with Gasteiger partial charge >= 0.3 is 0 Å². The van der Waals surface area contributed by atoms with Gasteiger partial charge in [0.15, 0.2) is 11.6 Å². The second kappa shape index (κ2) is 6.71. The second-order valence-electron chi connectivity index (χ2n) is 6.48. The molecular weight excluding hydrogens is 332 g/mol. The minimum Gasteiger partial charge on any atom is -0.345 e. The maximum Gasteiger partial charge on any atom is 0.251 e. The van der Waals surface area contributed by atoms with Crippen LogP contribution in [0.25, 0.3) is 0 Å². The van der Waals surface area contributed by atoms with Crippen LogP contribution >= 0.6 is 0 Å². The molecule has 0 saturated carbocycles. The number of hydrogen-bond acceptors (Lipinski definition) is 1. The van der Waals surface area contributed by atoms with E-state index >= 15 is 0 Å². The minimum atomic E-state index is -0.853. The molecule has 0 fully saturated rings. The third kappa shape index (κ3) is 2.99. The topological polar surface area (TPSA) is 29.1 Å². The summed E-state index contributed by atoms with van der Waals surface area (Å²) in [4.78, 5) is 12.5. The summed E-state index contributed by atoms with van der Waals surface area (Å²) in [5.74, 6) is -1.93. The quantitative estimate of drug-likeness (QED) is 0.710. The fraction of sp³-hybridized carbons (Fsp3) is 0.136. The lowest BCUT2D eigenvalue weighted by atomic mass is 9.93. The molecule has 2 nitrogen and oxygen atoms in total. The van der Waals surface area contributed by atoms with Crippen molar-refractivity contribution >= 4 is 5.91 Å². The van der Waals surface area contributed by atoms with Crippen molar-refractivity contribution in [1.82, 2.24) is 5.32 Å². The molecule has 3 aromatic carbocycles. The molecule has 0 heterocycles. The molecule has 1 aliphatic rings. The van der Waals surface area contributed by atoms with Gasteiger partial charge in [0.2, 0.25) is 0 Å². The molecule has 1 amide bonds. The van der Waals surface area contributed by atoms with Crippen molar-refractivity contribution in [3.05, 3.63) is 107 Å². The minimum absolute atomic E-state index is 0.0811. The molecule has 1 N–H and O–H groups in total. The summed E-state index contributed by atoms with van der Waals surface area (Å²) in [6.07, 6.45) is 0.614. The van der Waals surface area contributed by atoms with Gasteiger partial charge in [-0.3, -0.25) is 4.79 Å². The number of benzene rings is 3. The molecule has 0 radical (unpaired) electrons. The van der Waals surface area contributed by atoms with Gasteiger partial charge < -0.3 is 5.32 Å². The fourth-order valence-electron chi connectivity index (χ4n) is 3.65. The van der Waals surface area contributed by atoms with E-state index in [1.807, 2.05) is 42.5 Å². The van der Waals surface area contributed by atoms with Gasteiger partial charge in [0.1, 0.15) is 0 Å². The molecule has 0 aromatic heterocycles. The van der Waals surface area contributed by atoms with E-state index < -0.39 is 11.6 Å². The molecule has 0 unspecified atom stereocenters. The average molecular weight is 349 g/mol. The van der Waals surface area contributed by atoms with Crippen LogP contribution in [0.3, 0.4) is 0 Å². The zero-order valence-corrected chi connectivity index (χ0v) is 14.0. The third-order valence-corrected chi connectivity index (χ3v) is 4.91. The Morgan fingerprint density at radius 2 is 1.54 bits per heavy atom. The van der Waals surface area contributed by atoms with Gasteiger partial charge in [-0.1, -0.05) is 48.5 Å². The summed E-state index contributed by atoms with van der Waals surface area (Å²) in [7, 11) is 0. The van der Waals surface area contributed by atoms with Gasteiger partial charge in [-0.05, 0) is 47.4 Å². The number of rotatable bonds is 3. The molecule has 0 spiro atoms. The fourth-order valence-corrected chi connectivity index (χ4v) is 3.65. The molecule has 2 atom stereocenters. The first kappa shape index (κ1) is 16.5. The SMILES string of the molecule is O=C(N[C@H]1C[C@@H](c2ccc(F)c(F)c2)c2ccccc21)c1ccccc1. The number of amides is 1. The van der Waals surface area contributed by atoms with Crippen molar-refractivity contribution in [1.29, 1.82) is 0 Å². The number of hydrogen-bond donors (Lipinski definition) is 1. The lowest BCUT2D eigenvalue weighted by molar-refractivity contribution is 0.0936. The Morgan fingerprint density at radius 1 is 0.846 bits per heavy atom. The third-order valence-electron chi connectivity index (χ3n) is 4.91. The van der Waals surface area contributed by atoms with Crippen molar-refractivity contribution in [2.24, 2.45) is 0 Å². The van der Waals surface area contributed by atoms with Crippen LogP contribution in [-0.2, 0) is 0 Å². The lowest BCUT2D eigenvalue weighted by Gasteiger charge is -2.15. The molecule has 4 heteroatoms. The summed E-state index contributed by atoms with van der Waals surface area (Å²) in [6.45, 7) is 0. The van der Waals surface area contributed by atoms with Crippen LogP contribution in [0.15, 0.2) is 72.8 Å². The highest BCUT2D eigenvalue weighted by molar-refractivity contribution is 5.94. The zero-order chi connectivity index (χ0) is 18.1. The Morgan fingerprint density at radius 3 is 2.27 bits per heavy atom. The maximum atomic E-state index is 13.7. The molecule has 0 saturated heterocycles. The summed E-state index contributed by atoms with van der Waals surface area (Å²) < 4.78 is 27.0. The first-order valence-corrected chi connectivity index (χ1v) is 8.53. The number of carbonyl (C=O) groups excluding carboxylic acids is 1. The van der Waals surface area contributed by atoms with E-state index in [0.29, 0.717) is 17.5 Å². The molecule has 3 aromatic rings. The average Bonchev–Trinajstić information content (AvgIpc) is 3.03. The maximum absolute atomic E-state index is 13.7. The molecule has 4 rings (SSSR count). The number of nitrogens with one attached hydrogen (secondary N) is 1. The Hall–Kier alpha value is -3.01. The van der Waals surface area contributed by atoms with E-state index in [9.17, 15) is 13.6 Å². The van der Waals surface area contributed by atoms with E-state index in [1.165, 1.54) is 6.07 Å². The van der Waals surface area contributed by atoms with Gasteiger partial charge in [0, 0.05) is 11.5 Å². The van der Waals surface area contributed by atoms with E-state index in [4.69, 9.17) is 0 Å². The Bertz CT molecular complexity index is 955. The highest BCUT2D eigenvalue weighted by Crippen LogP contribution is 2.44. The Kier molecular flexibility index (Phi) is 4.25. The number of fused-ring (bicyclic) bond motifs is 1. The predicted molar refractivity (Wildman–Crippen MR) is 95.9 cm³/mol. The summed E-state index contributed by atoms with van der Waals surface area (Å²) >= 11 is 0. The second-order valence-corrected chi connectivity index (χ2v) is 6.48. The normalized spacial score (nSPS) is 18.4. The number of carbonyl (C=O) groups is 1. The Balaban J connectivity index is 1.64. The first-order valence-electron chi connectivity index (χ1n) is 8.53. The van der Waals surface area contributed by atoms with Crippen molar-refractivity contribution in [3.63, 3.8) is 0 Å². The van der Waals surface area contributed by atoms with Gasteiger partial charge in [-0.2, -0.15) is 0 Å². The molecule has 26 heavy (non-hydrogen) atoms. The van der Waals surface area contributed by atoms with Crippen LogP contribution in [0.2, 0.25) is 0 Å². The molecule has 0 aliphatic heterocycles. The van der Waals surface area contributed by atoms with E-state index in [1.54, 1.807) is 18.2 Å². The predicted octanol–water partition coefficient (Wildman–Crippen LogP) is 4.97. The van der Waals surface area contributed by atoms with Gasteiger partial charge in [-0.25, -0.2) is 8.78 Å². The highest BCUT2D eigenvalue weighted by Gasteiger charge is 2.33. The van der Waals surface area contributed by atoms with Crippen LogP contribution in [0, 0.1) is 11.6 Å². The summed E-state index contributed by atoms with van der Waals surface area (Å²) in [5, 5.41) is 3.07. The van der Waals surface area contributed by atoms with E-state index in [2.05, 4.69) is 5.32 Å². The van der Waals surface area contributed by atoms with Crippen molar-refractivity contribution < 1.29 is 13.6 Å². The monoisotopic (exact) mass is 349 g/mol. The standard InChI is InChI=1S/C22H17F2NO/c23-19-11-10-15(12-20(19)24)18-13-21(17-9-5-4-8-16(17)18)25-22(26)14-6-2-1-3-7-14/h1-12,18,21H,13H2,(H,25,26)/t18-,21-/m0/s1.